The van der Waals surface area contributed by atoms with E-state index >= 15 is 0 Å². The lowest BCUT2D eigenvalue weighted by molar-refractivity contribution is 0.135. The smallest absolute Gasteiger partial charge is 0.0506 e. The second-order valence-electron chi connectivity index (χ2n) is 3.31. The fourth-order valence-electron chi connectivity index (χ4n) is 1.29. The lowest BCUT2D eigenvalue weighted by Gasteiger charge is -2.03. The predicted octanol–water partition coefficient (Wildman–Crippen LogP) is 1.86. The maximum absolute atomic E-state index is 5.50. The quantitative estimate of drug-likeness (QED) is 0.667. The molecule has 0 heterocycles. The Morgan fingerprint density at radius 3 is 2.64 bits per heavy atom. The summed E-state index contributed by atoms with van der Waals surface area (Å²) in [5.41, 5.74) is 1.35. The van der Waals surface area contributed by atoms with E-state index in [2.05, 4.69) is 29.6 Å². The molecular weight excluding hydrogens is 174 g/mol. The van der Waals surface area contributed by atoms with Gasteiger partial charge in [0.05, 0.1) is 6.61 Å². The van der Waals surface area contributed by atoms with E-state index in [1.165, 1.54) is 5.56 Å². The van der Waals surface area contributed by atoms with Gasteiger partial charge in [-0.15, -0.1) is 0 Å². The fraction of sp³-hybridized carbons (Fsp3) is 0.500. The monoisotopic (exact) mass is 193 g/mol. The molecule has 0 aliphatic rings. The van der Waals surface area contributed by atoms with Gasteiger partial charge in [0.2, 0.25) is 0 Å². The lowest BCUT2D eigenvalue weighted by Crippen LogP contribution is -2.11. The van der Waals surface area contributed by atoms with Crippen LogP contribution in [0.25, 0.3) is 0 Å². The number of hydrogen-bond acceptors (Lipinski definition) is 2. The van der Waals surface area contributed by atoms with E-state index in [-0.39, 0.29) is 0 Å². The highest BCUT2D eigenvalue weighted by atomic mass is 16.5. The Hall–Kier alpha value is -0.860. The molecule has 1 aromatic rings. The third-order valence-electron chi connectivity index (χ3n) is 2.09. The molecule has 0 aliphatic heterocycles. The molecule has 0 radical (unpaired) electrons. The second-order valence-corrected chi connectivity index (χ2v) is 3.31. The van der Waals surface area contributed by atoms with Gasteiger partial charge in [0.15, 0.2) is 0 Å². The van der Waals surface area contributed by atoms with Crippen molar-refractivity contribution in [2.45, 2.75) is 12.8 Å². The summed E-state index contributed by atoms with van der Waals surface area (Å²) < 4.78 is 5.50. The highest BCUT2D eigenvalue weighted by Crippen LogP contribution is 1.99. The molecule has 14 heavy (non-hydrogen) atoms. The molecule has 0 bridgehead atoms. The summed E-state index contributed by atoms with van der Waals surface area (Å²) >= 11 is 0. The van der Waals surface area contributed by atoms with Gasteiger partial charge in [0.25, 0.3) is 0 Å². The van der Waals surface area contributed by atoms with Crippen LogP contribution in [-0.4, -0.2) is 26.8 Å². The molecule has 1 aromatic carbocycles. The molecule has 0 unspecified atom stereocenters. The molecule has 0 atom stereocenters. The first-order chi connectivity index (χ1) is 6.93. The number of benzene rings is 1. The van der Waals surface area contributed by atoms with E-state index in [0.717, 1.165) is 32.6 Å². The molecular formula is C12H19NO. The minimum atomic E-state index is 0.827. The normalized spacial score (nSPS) is 10.4. The van der Waals surface area contributed by atoms with Crippen molar-refractivity contribution in [1.82, 2.24) is 5.32 Å². The van der Waals surface area contributed by atoms with E-state index in [4.69, 9.17) is 4.74 Å². The van der Waals surface area contributed by atoms with Crippen molar-refractivity contribution in [1.29, 1.82) is 0 Å². The van der Waals surface area contributed by atoms with Crippen LogP contribution in [0.3, 0.4) is 0 Å². The molecule has 1 rings (SSSR count). The zero-order valence-electron chi connectivity index (χ0n) is 8.83. The van der Waals surface area contributed by atoms with Gasteiger partial charge in [-0.05, 0) is 32.0 Å². The average molecular weight is 193 g/mol. The van der Waals surface area contributed by atoms with Crippen LogP contribution in [0.4, 0.5) is 0 Å². The Labute approximate surface area is 86.3 Å². The molecule has 0 spiro atoms. The van der Waals surface area contributed by atoms with Gasteiger partial charge >= 0.3 is 0 Å². The van der Waals surface area contributed by atoms with E-state index < -0.39 is 0 Å². The van der Waals surface area contributed by atoms with Crippen molar-refractivity contribution in [2.75, 3.05) is 26.8 Å². The third kappa shape index (κ3) is 5.00. The second kappa shape index (κ2) is 7.54. The maximum Gasteiger partial charge on any atom is 0.0506 e. The van der Waals surface area contributed by atoms with Crippen molar-refractivity contribution in [3.8, 4) is 0 Å². The van der Waals surface area contributed by atoms with Crippen LogP contribution < -0.4 is 5.32 Å². The highest BCUT2D eigenvalue weighted by molar-refractivity contribution is 5.14. The Morgan fingerprint density at radius 2 is 1.93 bits per heavy atom. The summed E-state index contributed by atoms with van der Waals surface area (Å²) in [7, 11) is 1.96. The molecule has 1 N–H and O–H groups in total. The van der Waals surface area contributed by atoms with Crippen molar-refractivity contribution in [3.05, 3.63) is 35.9 Å². The summed E-state index contributed by atoms with van der Waals surface area (Å²) in [4.78, 5) is 0. The first-order valence-electron chi connectivity index (χ1n) is 5.20. The molecule has 0 aliphatic carbocycles. The maximum atomic E-state index is 5.50. The van der Waals surface area contributed by atoms with E-state index in [9.17, 15) is 0 Å². The number of hydrogen-bond donors (Lipinski definition) is 1. The van der Waals surface area contributed by atoms with Crippen LogP contribution in [-0.2, 0) is 11.2 Å². The van der Waals surface area contributed by atoms with Gasteiger partial charge in [-0.25, -0.2) is 0 Å². The van der Waals surface area contributed by atoms with Crippen molar-refractivity contribution >= 4 is 0 Å². The lowest BCUT2D eigenvalue weighted by atomic mass is 10.2. The minimum Gasteiger partial charge on any atom is -0.381 e. The number of nitrogens with one attached hydrogen (secondary N) is 1. The van der Waals surface area contributed by atoms with Gasteiger partial charge < -0.3 is 10.1 Å². The molecule has 2 heteroatoms. The van der Waals surface area contributed by atoms with Gasteiger partial charge in [0, 0.05) is 6.61 Å². The Kier molecular flexibility index (Phi) is 6.04. The third-order valence-corrected chi connectivity index (χ3v) is 2.09. The highest BCUT2D eigenvalue weighted by Gasteiger charge is 1.91. The summed E-state index contributed by atoms with van der Waals surface area (Å²) in [5, 5.41) is 3.10. The summed E-state index contributed by atoms with van der Waals surface area (Å²) in [6.45, 7) is 2.72. The van der Waals surface area contributed by atoms with Gasteiger partial charge in [0.1, 0.15) is 0 Å². The summed E-state index contributed by atoms with van der Waals surface area (Å²) in [6, 6.07) is 10.4. The Morgan fingerprint density at radius 1 is 1.14 bits per heavy atom. The molecule has 0 fully saturated rings. The standard InChI is InChI=1S/C12H19NO/c1-13-9-5-10-14-11-8-12-6-3-2-4-7-12/h2-4,6-7,13H,5,8-11H2,1H3. The molecule has 2 nitrogen and oxygen atoms in total. The SMILES string of the molecule is CNCCCOCCc1ccccc1. The molecule has 0 aromatic heterocycles. The Balaban J connectivity index is 1.99. The fourth-order valence-corrected chi connectivity index (χ4v) is 1.29. The summed E-state index contributed by atoms with van der Waals surface area (Å²) in [6.07, 6.45) is 2.10. The van der Waals surface area contributed by atoms with Crippen LogP contribution in [0.15, 0.2) is 30.3 Å². The van der Waals surface area contributed by atoms with Gasteiger partial charge in [-0.3, -0.25) is 0 Å². The Bertz CT molecular complexity index is 223. The van der Waals surface area contributed by atoms with Crippen LogP contribution in [0.1, 0.15) is 12.0 Å². The van der Waals surface area contributed by atoms with E-state index in [1.54, 1.807) is 0 Å². The zero-order valence-corrected chi connectivity index (χ0v) is 8.83. The number of rotatable bonds is 7. The average Bonchev–Trinajstić information content (AvgIpc) is 2.25. The topological polar surface area (TPSA) is 21.3 Å². The van der Waals surface area contributed by atoms with Crippen molar-refractivity contribution in [2.24, 2.45) is 0 Å². The first kappa shape index (κ1) is 11.2. The van der Waals surface area contributed by atoms with Crippen molar-refractivity contribution < 1.29 is 4.74 Å². The number of ether oxygens (including phenoxy) is 1. The van der Waals surface area contributed by atoms with Crippen LogP contribution in [0.2, 0.25) is 0 Å². The van der Waals surface area contributed by atoms with Crippen LogP contribution in [0.5, 0.6) is 0 Å². The molecule has 0 saturated heterocycles. The van der Waals surface area contributed by atoms with Crippen molar-refractivity contribution in [3.63, 3.8) is 0 Å². The first-order valence-corrected chi connectivity index (χ1v) is 5.20. The molecule has 78 valence electrons. The molecule has 0 saturated carbocycles. The summed E-state index contributed by atoms with van der Waals surface area (Å²) in [5.74, 6) is 0. The largest absolute Gasteiger partial charge is 0.381 e. The minimum absolute atomic E-state index is 0.827. The van der Waals surface area contributed by atoms with Gasteiger partial charge in [-0.1, -0.05) is 30.3 Å². The van der Waals surface area contributed by atoms with Crippen LogP contribution in [0, 0.1) is 0 Å². The predicted molar refractivity (Wildman–Crippen MR) is 59.5 cm³/mol. The van der Waals surface area contributed by atoms with E-state index in [1.807, 2.05) is 13.1 Å². The van der Waals surface area contributed by atoms with E-state index in [0.29, 0.717) is 0 Å². The van der Waals surface area contributed by atoms with Crippen LogP contribution >= 0.6 is 0 Å². The van der Waals surface area contributed by atoms with Gasteiger partial charge in [-0.2, -0.15) is 0 Å². The zero-order chi connectivity index (χ0) is 10.1. The molecule has 0 amide bonds.